The van der Waals surface area contributed by atoms with Crippen molar-refractivity contribution in [1.29, 1.82) is 0 Å². The van der Waals surface area contributed by atoms with Crippen LogP contribution >= 0.6 is 0 Å². The minimum atomic E-state index is -0.676. The lowest BCUT2D eigenvalue weighted by atomic mass is 10.0. The van der Waals surface area contributed by atoms with Crippen molar-refractivity contribution in [3.8, 4) is 5.75 Å². The molecule has 2 rings (SSSR count). The van der Waals surface area contributed by atoms with E-state index in [1.807, 2.05) is 12.1 Å². The van der Waals surface area contributed by atoms with E-state index < -0.39 is 5.97 Å². The summed E-state index contributed by atoms with van der Waals surface area (Å²) >= 11 is 0. The Hall–Kier alpha value is -1.71. The van der Waals surface area contributed by atoms with Crippen LogP contribution in [0.5, 0.6) is 5.75 Å². The second kappa shape index (κ2) is 5.51. The van der Waals surface area contributed by atoms with Crippen molar-refractivity contribution in [3.05, 3.63) is 23.8 Å². The van der Waals surface area contributed by atoms with E-state index in [9.17, 15) is 4.79 Å². The highest BCUT2D eigenvalue weighted by Crippen LogP contribution is 2.39. The summed E-state index contributed by atoms with van der Waals surface area (Å²) in [6, 6.07) is 6.02. The molecule has 0 heterocycles. The number of methoxy groups -OCH3 is 1. The summed E-state index contributed by atoms with van der Waals surface area (Å²) in [5.74, 6) is 0.724. The fraction of sp³-hybridized carbons (Fsp3) is 0.533. The maximum Gasteiger partial charge on any atom is 0.306 e. The standard InChI is InChI=1S/C15H21NO3/c1-9(2)12-7-11(4-5-14(12)19-3)16-8-10-6-13(10)15(17)18/h4-5,7,9-10,13,16H,6,8H2,1-3H3,(H,17,18). The lowest BCUT2D eigenvalue weighted by Crippen LogP contribution is -2.09. The number of carbonyl (C=O) groups is 1. The normalized spacial score (nSPS) is 21.3. The Morgan fingerprint density at radius 3 is 2.79 bits per heavy atom. The molecule has 0 aliphatic heterocycles. The van der Waals surface area contributed by atoms with Gasteiger partial charge in [0, 0.05) is 12.2 Å². The topological polar surface area (TPSA) is 58.6 Å². The Balaban J connectivity index is 1.98. The van der Waals surface area contributed by atoms with Gasteiger partial charge in [0.25, 0.3) is 0 Å². The first kappa shape index (κ1) is 13.7. The quantitative estimate of drug-likeness (QED) is 0.828. The van der Waals surface area contributed by atoms with Gasteiger partial charge in [-0.05, 0) is 42.0 Å². The molecule has 4 heteroatoms. The first-order chi connectivity index (χ1) is 9.02. The van der Waals surface area contributed by atoms with Gasteiger partial charge >= 0.3 is 5.97 Å². The molecule has 1 aromatic carbocycles. The van der Waals surface area contributed by atoms with Crippen LogP contribution in [0.2, 0.25) is 0 Å². The zero-order chi connectivity index (χ0) is 14.0. The maximum atomic E-state index is 10.8. The number of nitrogens with one attached hydrogen (secondary N) is 1. The Morgan fingerprint density at radius 1 is 1.53 bits per heavy atom. The third-order valence-electron chi connectivity index (χ3n) is 3.66. The van der Waals surface area contributed by atoms with Crippen molar-refractivity contribution < 1.29 is 14.6 Å². The number of carboxylic acids is 1. The van der Waals surface area contributed by atoms with Crippen LogP contribution in [0.1, 0.15) is 31.7 Å². The van der Waals surface area contributed by atoms with Crippen LogP contribution in [0.25, 0.3) is 0 Å². The van der Waals surface area contributed by atoms with Gasteiger partial charge in [-0.1, -0.05) is 13.8 Å². The van der Waals surface area contributed by atoms with Crippen molar-refractivity contribution in [1.82, 2.24) is 0 Å². The van der Waals surface area contributed by atoms with Crippen LogP contribution in [0.15, 0.2) is 18.2 Å². The Labute approximate surface area is 113 Å². The molecule has 1 aromatic rings. The van der Waals surface area contributed by atoms with E-state index in [-0.39, 0.29) is 11.8 Å². The summed E-state index contributed by atoms with van der Waals surface area (Å²) in [5.41, 5.74) is 2.19. The van der Waals surface area contributed by atoms with Gasteiger partial charge in [0.05, 0.1) is 13.0 Å². The fourth-order valence-electron chi connectivity index (χ4n) is 2.32. The third kappa shape index (κ3) is 3.19. The zero-order valence-electron chi connectivity index (χ0n) is 11.6. The van der Waals surface area contributed by atoms with E-state index in [1.54, 1.807) is 7.11 Å². The Morgan fingerprint density at radius 2 is 2.26 bits per heavy atom. The number of hydrogen-bond donors (Lipinski definition) is 2. The highest BCUT2D eigenvalue weighted by atomic mass is 16.5. The van der Waals surface area contributed by atoms with Crippen LogP contribution < -0.4 is 10.1 Å². The Kier molecular flexibility index (Phi) is 3.98. The van der Waals surface area contributed by atoms with Crippen LogP contribution in [-0.4, -0.2) is 24.7 Å². The Bertz CT molecular complexity index is 470. The lowest BCUT2D eigenvalue weighted by Gasteiger charge is -2.14. The molecular formula is C15H21NO3. The molecule has 1 fully saturated rings. The van der Waals surface area contributed by atoms with Crippen LogP contribution in [0.4, 0.5) is 5.69 Å². The molecule has 1 saturated carbocycles. The van der Waals surface area contributed by atoms with Crippen molar-refractivity contribution in [2.45, 2.75) is 26.2 Å². The molecule has 2 atom stereocenters. The minimum Gasteiger partial charge on any atom is -0.496 e. The van der Waals surface area contributed by atoms with Crippen molar-refractivity contribution >= 4 is 11.7 Å². The van der Waals surface area contributed by atoms with E-state index in [0.717, 1.165) is 30.0 Å². The number of aliphatic carboxylic acids is 1. The van der Waals surface area contributed by atoms with Gasteiger partial charge in [-0.3, -0.25) is 4.79 Å². The summed E-state index contributed by atoms with van der Waals surface area (Å²) in [5, 5.41) is 12.2. The molecule has 19 heavy (non-hydrogen) atoms. The average molecular weight is 263 g/mol. The summed E-state index contributed by atoms with van der Waals surface area (Å²) in [7, 11) is 1.68. The van der Waals surface area contributed by atoms with Gasteiger partial charge in [-0.25, -0.2) is 0 Å². The molecule has 104 valence electrons. The molecule has 0 aromatic heterocycles. The zero-order valence-corrected chi connectivity index (χ0v) is 11.6. The molecular weight excluding hydrogens is 242 g/mol. The number of carboxylic acid groups (broad SMARTS) is 1. The first-order valence-electron chi connectivity index (χ1n) is 6.67. The third-order valence-corrected chi connectivity index (χ3v) is 3.66. The highest BCUT2D eigenvalue weighted by molar-refractivity contribution is 5.73. The number of anilines is 1. The molecule has 2 unspecified atom stereocenters. The summed E-state index contributed by atoms with van der Waals surface area (Å²) in [4.78, 5) is 10.8. The van der Waals surface area contributed by atoms with Gasteiger partial charge in [0.15, 0.2) is 0 Å². The number of rotatable bonds is 6. The largest absolute Gasteiger partial charge is 0.496 e. The summed E-state index contributed by atoms with van der Waals surface area (Å²) in [6.07, 6.45) is 0.787. The summed E-state index contributed by atoms with van der Waals surface area (Å²) < 4.78 is 5.34. The molecule has 0 spiro atoms. The second-order valence-corrected chi connectivity index (χ2v) is 5.43. The number of ether oxygens (including phenoxy) is 1. The second-order valence-electron chi connectivity index (χ2n) is 5.43. The lowest BCUT2D eigenvalue weighted by molar-refractivity contribution is -0.138. The fourth-order valence-corrected chi connectivity index (χ4v) is 2.32. The van der Waals surface area contributed by atoms with Gasteiger partial charge in [-0.2, -0.15) is 0 Å². The molecule has 0 saturated heterocycles. The predicted molar refractivity (Wildman–Crippen MR) is 74.8 cm³/mol. The van der Waals surface area contributed by atoms with E-state index in [1.165, 1.54) is 0 Å². The highest BCUT2D eigenvalue weighted by Gasteiger charge is 2.42. The predicted octanol–water partition coefficient (Wildman–Crippen LogP) is 2.95. The SMILES string of the molecule is COc1ccc(NCC2CC2C(=O)O)cc1C(C)C. The smallest absolute Gasteiger partial charge is 0.306 e. The van der Waals surface area contributed by atoms with E-state index in [0.29, 0.717) is 5.92 Å². The van der Waals surface area contributed by atoms with E-state index >= 15 is 0 Å². The molecule has 4 nitrogen and oxygen atoms in total. The van der Waals surface area contributed by atoms with E-state index in [4.69, 9.17) is 9.84 Å². The average Bonchev–Trinajstić information content (AvgIpc) is 3.15. The van der Waals surface area contributed by atoms with Crippen molar-refractivity contribution in [2.75, 3.05) is 19.0 Å². The molecule has 0 amide bonds. The van der Waals surface area contributed by atoms with Gasteiger partial charge in [0.1, 0.15) is 5.75 Å². The van der Waals surface area contributed by atoms with Crippen LogP contribution in [0.3, 0.4) is 0 Å². The van der Waals surface area contributed by atoms with Crippen molar-refractivity contribution in [2.24, 2.45) is 11.8 Å². The number of benzene rings is 1. The monoisotopic (exact) mass is 263 g/mol. The van der Waals surface area contributed by atoms with Gasteiger partial charge < -0.3 is 15.2 Å². The molecule has 0 bridgehead atoms. The molecule has 2 N–H and O–H groups in total. The maximum absolute atomic E-state index is 10.8. The number of hydrogen-bond acceptors (Lipinski definition) is 3. The van der Waals surface area contributed by atoms with Gasteiger partial charge in [-0.15, -0.1) is 0 Å². The molecule has 1 aliphatic rings. The van der Waals surface area contributed by atoms with Crippen LogP contribution in [-0.2, 0) is 4.79 Å². The first-order valence-corrected chi connectivity index (χ1v) is 6.67. The van der Waals surface area contributed by atoms with Crippen molar-refractivity contribution in [3.63, 3.8) is 0 Å². The molecule has 0 radical (unpaired) electrons. The van der Waals surface area contributed by atoms with Crippen LogP contribution in [0, 0.1) is 11.8 Å². The van der Waals surface area contributed by atoms with Gasteiger partial charge in [0.2, 0.25) is 0 Å². The summed E-state index contributed by atoms with van der Waals surface area (Å²) in [6.45, 7) is 4.98. The minimum absolute atomic E-state index is 0.157. The molecule has 1 aliphatic carbocycles. The van der Waals surface area contributed by atoms with E-state index in [2.05, 4.69) is 25.2 Å².